The first kappa shape index (κ1) is 16.4. The van der Waals surface area contributed by atoms with Gasteiger partial charge in [-0.05, 0) is 52.2 Å². The van der Waals surface area contributed by atoms with E-state index >= 15 is 0 Å². The Hall–Kier alpha value is -1.00. The minimum absolute atomic E-state index is 0.105. The summed E-state index contributed by atoms with van der Waals surface area (Å²) in [7, 11) is 2.19. The summed E-state index contributed by atoms with van der Waals surface area (Å²) in [5.74, 6) is 0.928. The van der Waals surface area contributed by atoms with Crippen LogP contribution >= 0.6 is 0 Å². The van der Waals surface area contributed by atoms with Gasteiger partial charge in [-0.15, -0.1) is 0 Å². The van der Waals surface area contributed by atoms with Crippen molar-refractivity contribution in [2.75, 3.05) is 20.1 Å². The van der Waals surface area contributed by atoms with Crippen molar-refractivity contribution in [3.8, 4) is 0 Å². The zero-order chi connectivity index (χ0) is 15.6. The summed E-state index contributed by atoms with van der Waals surface area (Å²) in [6, 6.07) is 0.604. The highest BCUT2D eigenvalue weighted by Crippen LogP contribution is 2.26. The molecule has 0 amide bonds. The number of hydrogen-bond acceptors (Lipinski definition) is 4. The molecule has 0 aromatic carbocycles. The summed E-state index contributed by atoms with van der Waals surface area (Å²) in [5.41, 5.74) is 3.63. The Kier molecular flexibility index (Phi) is 4.99. The van der Waals surface area contributed by atoms with Crippen LogP contribution in [-0.2, 0) is 12.0 Å². The zero-order valence-corrected chi connectivity index (χ0v) is 14.5. The van der Waals surface area contributed by atoms with Gasteiger partial charge in [0.05, 0.1) is 6.54 Å². The monoisotopic (exact) mass is 290 g/mol. The van der Waals surface area contributed by atoms with Crippen molar-refractivity contribution in [3.05, 3.63) is 22.8 Å². The molecule has 4 nitrogen and oxygen atoms in total. The fraction of sp³-hybridized carbons (Fsp3) is 0.765. The lowest BCUT2D eigenvalue weighted by molar-refractivity contribution is 0.233. The molecule has 21 heavy (non-hydrogen) atoms. The molecular formula is C17H30N4. The van der Waals surface area contributed by atoms with Crippen LogP contribution in [0.3, 0.4) is 0 Å². The molecule has 2 rings (SSSR count). The summed E-state index contributed by atoms with van der Waals surface area (Å²) in [5, 5.41) is 3.62. The van der Waals surface area contributed by atoms with Crippen LogP contribution in [-0.4, -0.2) is 41.0 Å². The van der Waals surface area contributed by atoms with Crippen molar-refractivity contribution in [2.24, 2.45) is 0 Å². The molecule has 1 aliphatic heterocycles. The van der Waals surface area contributed by atoms with Gasteiger partial charge in [0.15, 0.2) is 0 Å². The molecule has 1 N–H and O–H groups in total. The minimum Gasteiger partial charge on any atom is -0.307 e. The van der Waals surface area contributed by atoms with Gasteiger partial charge in [0.2, 0.25) is 0 Å². The van der Waals surface area contributed by atoms with E-state index in [1.54, 1.807) is 0 Å². The predicted octanol–water partition coefficient (Wildman–Crippen LogP) is 2.57. The van der Waals surface area contributed by atoms with Gasteiger partial charge in [0, 0.05) is 23.0 Å². The Bertz CT molecular complexity index is 459. The lowest BCUT2D eigenvalue weighted by atomic mass is 9.85. The number of nitrogens with zero attached hydrogens (tertiary/aromatic N) is 3. The van der Waals surface area contributed by atoms with E-state index in [2.05, 4.69) is 51.9 Å². The van der Waals surface area contributed by atoms with Gasteiger partial charge in [-0.2, -0.15) is 0 Å². The summed E-state index contributed by atoms with van der Waals surface area (Å²) < 4.78 is 0. The highest BCUT2D eigenvalue weighted by molar-refractivity contribution is 5.31. The average Bonchev–Trinajstić information content (AvgIpc) is 2.35. The molecule has 0 spiro atoms. The van der Waals surface area contributed by atoms with E-state index in [9.17, 15) is 0 Å². The van der Waals surface area contributed by atoms with E-state index in [4.69, 9.17) is 9.97 Å². The lowest BCUT2D eigenvalue weighted by Crippen LogP contribution is -2.40. The molecule has 1 aromatic rings. The standard InChI is InChI=1S/C17H30N4/c1-12-16(17(3,4)5)13(2)20-15(19-12)11-18-14-7-9-21(6)10-8-14/h14,18H,7-11H2,1-6H3. The Morgan fingerprint density at radius 3 is 2.10 bits per heavy atom. The van der Waals surface area contributed by atoms with Gasteiger partial charge in [-0.3, -0.25) is 0 Å². The van der Waals surface area contributed by atoms with Gasteiger partial charge >= 0.3 is 0 Å². The first-order chi connectivity index (χ1) is 9.77. The molecular weight excluding hydrogens is 260 g/mol. The van der Waals surface area contributed by atoms with Crippen molar-refractivity contribution in [1.82, 2.24) is 20.2 Å². The quantitative estimate of drug-likeness (QED) is 0.929. The highest BCUT2D eigenvalue weighted by Gasteiger charge is 2.22. The predicted molar refractivity (Wildman–Crippen MR) is 87.6 cm³/mol. The first-order valence-corrected chi connectivity index (χ1v) is 8.04. The fourth-order valence-electron chi connectivity index (χ4n) is 3.40. The van der Waals surface area contributed by atoms with E-state index in [0.717, 1.165) is 23.8 Å². The number of hydrogen-bond donors (Lipinski definition) is 1. The van der Waals surface area contributed by atoms with Crippen LogP contribution in [0.5, 0.6) is 0 Å². The number of nitrogens with one attached hydrogen (secondary N) is 1. The van der Waals surface area contributed by atoms with Gasteiger partial charge in [0.1, 0.15) is 5.82 Å². The molecule has 0 aliphatic carbocycles. The van der Waals surface area contributed by atoms with Crippen molar-refractivity contribution in [1.29, 1.82) is 0 Å². The highest BCUT2D eigenvalue weighted by atomic mass is 15.1. The summed E-state index contributed by atoms with van der Waals surface area (Å²) in [4.78, 5) is 11.8. The lowest BCUT2D eigenvalue weighted by Gasteiger charge is -2.29. The second kappa shape index (κ2) is 6.41. The summed E-state index contributed by atoms with van der Waals surface area (Å²) in [6.07, 6.45) is 2.43. The molecule has 1 fully saturated rings. The minimum atomic E-state index is 0.105. The Labute approximate surface area is 129 Å². The van der Waals surface area contributed by atoms with Crippen LogP contribution < -0.4 is 5.32 Å². The molecule has 1 aliphatic rings. The maximum atomic E-state index is 4.72. The van der Waals surface area contributed by atoms with Gasteiger partial charge in [-0.1, -0.05) is 20.8 Å². The third-order valence-electron chi connectivity index (χ3n) is 4.33. The van der Waals surface area contributed by atoms with E-state index in [-0.39, 0.29) is 5.41 Å². The maximum Gasteiger partial charge on any atom is 0.142 e. The number of aryl methyl sites for hydroxylation is 2. The van der Waals surface area contributed by atoms with Crippen LogP contribution in [0.15, 0.2) is 0 Å². The third kappa shape index (κ3) is 4.24. The fourth-order valence-corrected chi connectivity index (χ4v) is 3.40. The second-order valence-electron chi connectivity index (χ2n) is 7.39. The Balaban J connectivity index is 2.02. The summed E-state index contributed by atoms with van der Waals surface area (Å²) in [6.45, 7) is 14.0. The van der Waals surface area contributed by atoms with Crippen LogP contribution in [0, 0.1) is 13.8 Å². The van der Waals surface area contributed by atoms with Crippen LogP contribution in [0.25, 0.3) is 0 Å². The molecule has 0 bridgehead atoms. The smallest absolute Gasteiger partial charge is 0.142 e. The number of aromatic nitrogens is 2. The number of piperidine rings is 1. The number of rotatable bonds is 3. The largest absolute Gasteiger partial charge is 0.307 e. The second-order valence-corrected chi connectivity index (χ2v) is 7.39. The molecule has 0 saturated carbocycles. The molecule has 1 saturated heterocycles. The normalized spacial score (nSPS) is 18.2. The molecule has 1 aromatic heterocycles. The number of likely N-dealkylation sites (tertiary alicyclic amines) is 1. The molecule has 0 unspecified atom stereocenters. The van der Waals surface area contributed by atoms with Gasteiger partial charge < -0.3 is 10.2 Å². The SMILES string of the molecule is Cc1nc(CNC2CCN(C)CC2)nc(C)c1C(C)(C)C. The maximum absolute atomic E-state index is 4.72. The van der Waals surface area contributed by atoms with Crippen molar-refractivity contribution < 1.29 is 0 Å². The van der Waals surface area contributed by atoms with E-state index < -0.39 is 0 Å². The average molecular weight is 290 g/mol. The van der Waals surface area contributed by atoms with Gasteiger partial charge in [0.25, 0.3) is 0 Å². The molecule has 118 valence electrons. The molecule has 2 heterocycles. The zero-order valence-electron chi connectivity index (χ0n) is 14.5. The van der Waals surface area contributed by atoms with Crippen molar-refractivity contribution in [3.63, 3.8) is 0 Å². The van der Waals surface area contributed by atoms with Crippen LogP contribution in [0.4, 0.5) is 0 Å². The van der Waals surface area contributed by atoms with E-state index in [0.29, 0.717) is 6.04 Å². The van der Waals surface area contributed by atoms with Crippen LogP contribution in [0.2, 0.25) is 0 Å². The van der Waals surface area contributed by atoms with Gasteiger partial charge in [-0.25, -0.2) is 9.97 Å². The molecule has 0 radical (unpaired) electrons. The molecule has 4 heteroatoms. The topological polar surface area (TPSA) is 41.1 Å². The Morgan fingerprint density at radius 2 is 1.62 bits per heavy atom. The van der Waals surface area contributed by atoms with E-state index in [1.165, 1.54) is 31.5 Å². The van der Waals surface area contributed by atoms with Crippen molar-refractivity contribution in [2.45, 2.75) is 65.5 Å². The molecule has 0 atom stereocenters. The van der Waals surface area contributed by atoms with E-state index in [1.807, 2.05) is 0 Å². The van der Waals surface area contributed by atoms with Crippen LogP contribution in [0.1, 0.15) is 56.4 Å². The first-order valence-electron chi connectivity index (χ1n) is 8.04. The Morgan fingerprint density at radius 1 is 1.10 bits per heavy atom. The summed E-state index contributed by atoms with van der Waals surface area (Å²) >= 11 is 0. The van der Waals surface area contributed by atoms with Crippen molar-refractivity contribution >= 4 is 0 Å². The third-order valence-corrected chi connectivity index (χ3v) is 4.33.